The molecule has 1 heterocycles. The first-order valence-corrected chi connectivity index (χ1v) is 6.76. The van der Waals surface area contributed by atoms with Gasteiger partial charge in [-0.3, -0.25) is 0 Å². The molecule has 0 amide bonds. The number of nitrogens with zero attached hydrogens (tertiary/aromatic N) is 1. The summed E-state index contributed by atoms with van der Waals surface area (Å²) in [6, 6.07) is 0.852. The van der Waals surface area contributed by atoms with Crippen LogP contribution in [-0.2, 0) is 0 Å². The summed E-state index contributed by atoms with van der Waals surface area (Å²) in [7, 11) is 0. The second-order valence-corrected chi connectivity index (χ2v) is 5.39. The fourth-order valence-corrected chi connectivity index (χ4v) is 2.97. The SMILES string of the molecule is CCNCC1CCN(C(C)C2CCC2)C1. The molecule has 0 aromatic rings. The normalized spacial score (nSPS) is 30.4. The highest BCUT2D eigenvalue weighted by atomic mass is 15.2. The van der Waals surface area contributed by atoms with E-state index in [9.17, 15) is 0 Å². The second-order valence-electron chi connectivity index (χ2n) is 5.39. The Morgan fingerprint density at radius 1 is 1.33 bits per heavy atom. The Morgan fingerprint density at radius 2 is 2.13 bits per heavy atom. The summed E-state index contributed by atoms with van der Waals surface area (Å²) in [6.07, 6.45) is 5.85. The molecule has 2 heteroatoms. The summed E-state index contributed by atoms with van der Waals surface area (Å²) in [5.41, 5.74) is 0. The minimum Gasteiger partial charge on any atom is -0.317 e. The van der Waals surface area contributed by atoms with Crippen molar-refractivity contribution in [3.05, 3.63) is 0 Å². The molecular weight excluding hydrogens is 184 g/mol. The molecule has 2 nitrogen and oxygen atoms in total. The molecule has 2 atom stereocenters. The molecule has 2 fully saturated rings. The third kappa shape index (κ3) is 2.73. The molecule has 2 unspecified atom stereocenters. The van der Waals surface area contributed by atoms with E-state index in [4.69, 9.17) is 0 Å². The topological polar surface area (TPSA) is 15.3 Å². The molecule has 1 N–H and O–H groups in total. The minimum absolute atomic E-state index is 0.852. The van der Waals surface area contributed by atoms with Gasteiger partial charge in [0.15, 0.2) is 0 Å². The van der Waals surface area contributed by atoms with Crippen LogP contribution in [0.1, 0.15) is 39.5 Å². The molecule has 88 valence electrons. The highest BCUT2D eigenvalue weighted by Crippen LogP contribution is 2.33. The van der Waals surface area contributed by atoms with Crippen LogP contribution in [-0.4, -0.2) is 37.1 Å². The van der Waals surface area contributed by atoms with Gasteiger partial charge in [0.05, 0.1) is 0 Å². The summed E-state index contributed by atoms with van der Waals surface area (Å²) >= 11 is 0. The summed E-state index contributed by atoms with van der Waals surface area (Å²) in [6.45, 7) is 9.67. The maximum Gasteiger partial charge on any atom is 0.00953 e. The van der Waals surface area contributed by atoms with E-state index in [0.29, 0.717) is 0 Å². The number of rotatable bonds is 5. The van der Waals surface area contributed by atoms with Crippen LogP contribution in [0.4, 0.5) is 0 Å². The second kappa shape index (κ2) is 5.31. The summed E-state index contributed by atoms with van der Waals surface area (Å²) in [5, 5.41) is 3.48. The van der Waals surface area contributed by atoms with Crippen molar-refractivity contribution in [3.63, 3.8) is 0 Å². The molecule has 1 aliphatic carbocycles. The fraction of sp³-hybridized carbons (Fsp3) is 1.00. The molecule has 0 aromatic carbocycles. The summed E-state index contributed by atoms with van der Waals surface area (Å²) < 4.78 is 0. The van der Waals surface area contributed by atoms with Gasteiger partial charge in [-0.1, -0.05) is 13.3 Å². The first kappa shape index (κ1) is 11.4. The van der Waals surface area contributed by atoms with E-state index in [0.717, 1.165) is 24.4 Å². The van der Waals surface area contributed by atoms with Crippen molar-refractivity contribution >= 4 is 0 Å². The molecule has 0 bridgehead atoms. The third-order valence-electron chi connectivity index (χ3n) is 4.41. The van der Waals surface area contributed by atoms with Crippen LogP contribution < -0.4 is 5.32 Å². The number of hydrogen-bond acceptors (Lipinski definition) is 2. The fourth-order valence-electron chi connectivity index (χ4n) is 2.97. The molecular formula is C13H26N2. The lowest BCUT2D eigenvalue weighted by molar-refractivity contribution is 0.127. The lowest BCUT2D eigenvalue weighted by atomic mass is 9.80. The summed E-state index contributed by atoms with van der Waals surface area (Å²) in [4.78, 5) is 2.73. The molecule has 1 aliphatic heterocycles. The maximum atomic E-state index is 3.48. The van der Waals surface area contributed by atoms with Crippen LogP contribution >= 0.6 is 0 Å². The monoisotopic (exact) mass is 210 g/mol. The van der Waals surface area contributed by atoms with Crippen molar-refractivity contribution in [1.82, 2.24) is 10.2 Å². The Kier molecular flexibility index (Phi) is 4.04. The van der Waals surface area contributed by atoms with Crippen molar-refractivity contribution in [2.45, 2.75) is 45.6 Å². The third-order valence-corrected chi connectivity index (χ3v) is 4.41. The first-order chi connectivity index (χ1) is 7.31. The molecule has 0 spiro atoms. The van der Waals surface area contributed by atoms with Gasteiger partial charge in [0, 0.05) is 12.6 Å². The molecule has 0 aromatic heterocycles. The van der Waals surface area contributed by atoms with E-state index in [1.807, 2.05) is 0 Å². The lowest BCUT2D eigenvalue weighted by Crippen LogP contribution is -2.40. The van der Waals surface area contributed by atoms with Gasteiger partial charge in [-0.05, 0) is 57.7 Å². The smallest absolute Gasteiger partial charge is 0.00953 e. The van der Waals surface area contributed by atoms with Crippen LogP contribution in [0.2, 0.25) is 0 Å². The number of nitrogens with one attached hydrogen (secondary N) is 1. The molecule has 15 heavy (non-hydrogen) atoms. The number of hydrogen-bond donors (Lipinski definition) is 1. The van der Waals surface area contributed by atoms with Crippen molar-refractivity contribution in [2.24, 2.45) is 11.8 Å². The average molecular weight is 210 g/mol. The van der Waals surface area contributed by atoms with E-state index >= 15 is 0 Å². The molecule has 2 rings (SSSR count). The number of likely N-dealkylation sites (tertiary alicyclic amines) is 1. The van der Waals surface area contributed by atoms with Gasteiger partial charge in [0.2, 0.25) is 0 Å². The zero-order valence-corrected chi connectivity index (χ0v) is 10.3. The van der Waals surface area contributed by atoms with E-state index in [1.165, 1.54) is 45.3 Å². The first-order valence-electron chi connectivity index (χ1n) is 6.76. The largest absolute Gasteiger partial charge is 0.317 e. The van der Waals surface area contributed by atoms with E-state index in [2.05, 4.69) is 24.1 Å². The van der Waals surface area contributed by atoms with Crippen molar-refractivity contribution < 1.29 is 0 Å². The van der Waals surface area contributed by atoms with Gasteiger partial charge in [-0.15, -0.1) is 0 Å². The van der Waals surface area contributed by atoms with E-state index < -0.39 is 0 Å². The Morgan fingerprint density at radius 3 is 2.73 bits per heavy atom. The molecule has 0 radical (unpaired) electrons. The molecule has 1 saturated carbocycles. The van der Waals surface area contributed by atoms with Gasteiger partial charge >= 0.3 is 0 Å². The lowest BCUT2D eigenvalue weighted by Gasteiger charge is -2.37. The zero-order chi connectivity index (χ0) is 10.7. The van der Waals surface area contributed by atoms with Crippen molar-refractivity contribution in [3.8, 4) is 0 Å². The standard InChI is InChI=1S/C13H26N2/c1-3-14-9-12-7-8-15(10-12)11(2)13-5-4-6-13/h11-14H,3-10H2,1-2H3. The quantitative estimate of drug-likeness (QED) is 0.747. The van der Waals surface area contributed by atoms with Gasteiger partial charge in [-0.2, -0.15) is 0 Å². The highest BCUT2D eigenvalue weighted by molar-refractivity contribution is 4.86. The average Bonchev–Trinajstić information content (AvgIpc) is 2.60. The van der Waals surface area contributed by atoms with Gasteiger partial charge in [0.1, 0.15) is 0 Å². The Hall–Kier alpha value is -0.0800. The highest BCUT2D eigenvalue weighted by Gasteiger charge is 2.32. The minimum atomic E-state index is 0.852. The molecule has 1 saturated heterocycles. The van der Waals surface area contributed by atoms with Crippen molar-refractivity contribution in [1.29, 1.82) is 0 Å². The zero-order valence-electron chi connectivity index (χ0n) is 10.3. The van der Waals surface area contributed by atoms with Gasteiger partial charge in [-0.25, -0.2) is 0 Å². The van der Waals surface area contributed by atoms with Crippen LogP contribution in [0.5, 0.6) is 0 Å². The van der Waals surface area contributed by atoms with Crippen molar-refractivity contribution in [2.75, 3.05) is 26.2 Å². The van der Waals surface area contributed by atoms with Crippen LogP contribution in [0.3, 0.4) is 0 Å². The predicted molar refractivity (Wildman–Crippen MR) is 65.0 cm³/mol. The van der Waals surface area contributed by atoms with Crippen LogP contribution in [0.25, 0.3) is 0 Å². The van der Waals surface area contributed by atoms with Crippen LogP contribution in [0.15, 0.2) is 0 Å². The van der Waals surface area contributed by atoms with Gasteiger partial charge < -0.3 is 10.2 Å². The Bertz CT molecular complexity index is 189. The predicted octanol–water partition coefficient (Wildman–Crippen LogP) is 2.11. The van der Waals surface area contributed by atoms with Crippen LogP contribution in [0, 0.1) is 11.8 Å². The van der Waals surface area contributed by atoms with E-state index in [1.54, 1.807) is 0 Å². The maximum absolute atomic E-state index is 3.48. The van der Waals surface area contributed by atoms with E-state index in [-0.39, 0.29) is 0 Å². The Balaban J connectivity index is 1.71. The van der Waals surface area contributed by atoms with Gasteiger partial charge in [0.25, 0.3) is 0 Å². The Labute approximate surface area is 94.4 Å². The molecule has 2 aliphatic rings. The summed E-state index contributed by atoms with van der Waals surface area (Å²) in [5.74, 6) is 1.93.